The number of nitrogens with zero attached hydrogens (tertiary/aromatic N) is 2. The van der Waals surface area contributed by atoms with Crippen molar-refractivity contribution in [2.45, 2.75) is 13.5 Å². The van der Waals surface area contributed by atoms with Crippen LogP contribution < -0.4 is 14.8 Å². The average Bonchev–Trinajstić information content (AvgIpc) is 3.14. The summed E-state index contributed by atoms with van der Waals surface area (Å²) in [5.41, 5.74) is 1.55. The predicted molar refractivity (Wildman–Crippen MR) is 114 cm³/mol. The molecule has 0 spiro atoms. The lowest BCUT2D eigenvalue weighted by Crippen LogP contribution is -2.12. The minimum atomic E-state index is -0.987. The smallest absolute Gasteiger partial charge is 0.257 e. The fourth-order valence-electron chi connectivity index (χ4n) is 2.82. The molecule has 2 aromatic heterocycles. The molecule has 2 heterocycles. The fourth-order valence-corrected chi connectivity index (χ4v) is 3.69. The number of amides is 1. The number of anilines is 1. The summed E-state index contributed by atoms with van der Waals surface area (Å²) in [6.45, 7) is 2.55. The Hall–Kier alpha value is -3.59. The lowest BCUT2D eigenvalue weighted by molar-refractivity contribution is 0.102. The molecule has 158 valence electrons. The highest BCUT2D eigenvalue weighted by molar-refractivity contribution is 7.22. The zero-order valence-corrected chi connectivity index (χ0v) is 17.2. The maximum atomic E-state index is 13.4. The number of rotatable bonds is 7. The van der Waals surface area contributed by atoms with Crippen LogP contribution in [-0.2, 0) is 6.61 Å². The van der Waals surface area contributed by atoms with Crippen molar-refractivity contribution in [3.05, 3.63) is 77.6 Å². The van der Waals surface area contributed by atoms with E-state index in [4.69, 9.17) is 9.47 Å². The van der Waals surface area contributed by atoms with Crippen LogP contribution in [0, 0.1) is 11.6 Å². The van der Waals surface area contributed by atoms with E-state index < -0.39 is 17.5 Å². The van der Waals surface area contributed by atoms with Gasteiger partial charge in [-0.1, -0.05) is 11.3 Å². The summed E-state index contributed by atoms with van der Waals surface area (Å²) in [6, 6.07) is 10.6. The zero-order chi connectivity index (χ0) is 21.8. The number of benzene rings is 2. The third kappa shape index (κ3) is 4.77. The van der Waals surface area contributed by atoms with E-state index in [0.29, 0.717) is 35.0 Å². The molecule has 31 heavy (non-hydrogen) atoms. The number of carbonyl (C=O) groups is 1. The topological polar surface area (TPSA) is 73.3 Å². The van der Waals surface area contributed by atoms with E-state index in [1.165, 1.54) is 0 Å². The molecule has 1 amide bonds. The zero-order valence-electron chi connectivity index (χ0n) is 16.4. The molecule has 4 aromatic rings. The summed E-state index contributed by atoms with van der Waals surface area (Å²) >= 11 is 1.06. The van der Waals surface area contributed by atoms with E-state index in [0.717, 1.165) is 29.0 Å². The quantitative estimate of drug-likeness (QED) is 0.427. The number of halogens is 2. The molecule has 4 rings (SSSR count). The van der Waals surface area contributed by atoms with Crippen LogP contribution >= 0.6 is 11.3 Å². The van der Waals surface area contributed by atoms with Crippen LogP contribution in [0.15, 0.2) is 54.9 Å². The molecule has 0 unspecified atom stereocenters. The molecule has 0 saturated heterocycles. The van der Waals surface area contributed by atoms with Gasteiger partial charge >= 0.3 is 0 Å². The van der Waals surface area contributed by atoms with Gasteiger partial charge in [0.05, 0.1) is 16.8 Å². The van der Waals surface area contributed by atoms with Gasteiger partial charge in [0.1, 0.15) is 6.61 Å². The van der Waals surface area contributed by atoms with Crippen LogP contribution in [0.5, 0.6) is 11.5 Å². The van der Waals surface area contributed by atoms with Gasteiger partial charge in [-0.2, -0.15) is 0 Å². The third-order valence-electron chi connectivity index (χ3n) is 4.30. The number of hydrogen-bond acceptors (Lipinski definition) is 6. The van der Waals surface area contributed by atoms with E-state index in [9.17, 15) is 13.6 Å². The number of pyridine rings is 1. The summed E-state index contributed by atoms with van der Waals surface area (Å²) in [5.74, 6) is -1.45. The Morgan fingerprint density at radius 2 is 1.81 bits per heavy atom. The van der Waals surface area contributed by atoms with Crippen molar-refractivity contribution >= 4 is 32.6 Å². The molecule has 0 aliphatic heterocycles. The first-order valence-corrected chi connectivity index (χ1v) is 10.2. The van der Waals surface area contributed by atoms with Gasteiger partial charge in [-0.3, -0.25) is 15.1 Å². The Morgan fingerprint density at radius 1 is 1.03 bits per heavy atom. The molecule has 0 radical (unpaired) electrons. The Bertz CT molecular complexity index is 1190. The van der Waals surface area contributed by atoms with Crippen molar-refractivity contribution in [1.82, 2.24) is 9.97 Å². The minimum absolute atomic E-state index is 0.237. The SMILES string of the molecule is CCOc1cc(C(=O)Nc2nc3cc(F)c(F)cc3s2)ccc1OCc1ccncc1. The average molecular weight is 441 g/mol. The summed E-state index contributed by atoms with van der Waals surface area (Å²) in [5, 5.41) is 2.89. The van der Waals surface area contributed by atoms with Gasteiger partial charge in [0.25, 0.3) is 5.91 Å². The van der Waals surface area contributed by atoms with Crippen molar-refractivity contribution in [2.24, 2.45) is 0 Å². The monoisotopic (exact) mass is 441 g/mol. The lowest BCUT2D eigenvalue weighted by atomic mass is 10.2. The number of aromatic nitrogens is 2. The lowest BCUT2D eigenvalue weighted by Gasteiger charge is -2.13. The molecular formula is C22H17F2N3O3S. The molecule has 6 nitrogen and oxygen atoms in total. The van der Waals surface area contributed by atoms with Crippen LogP contribution in [0.1, 0.15) is 22.8 Å². The van der Waals surface area contributed by atoms with E-state index in [2.05, 4.69) is 15.3 Å². The Balaban J connectivity index is 1.51. The van der Waals surface area contributed by atoms with Crippen molar-refractivity contribution in [1.29, 1.82) is 0 Å². The highest BCUT2D eigenvalue weighted by atomic mass is 32.1. The van der Waals surface area contributed by atoms with Gasteiger partial charge in [-0.05, 0) is 48.9 Å². The first kappa shape index (κ1) is 20.7. The molecule has 2 aromatic carbocycles. The fraction of sp³-hybridized carbons (Fsp3) is 0.136. The van der Waals surface area contributed by atoms with Gasteiger partial charge in [0.2, 0.25) is 0 Å². The van der Waals surface area contributed by atoms with Crippen molar-refractivity contribution in [3.63, 3.8) is 0 Å². The third-order valence-corrected chi connectivity index (χ3v) is 5.23. The number of thiazole rings is 1. The van der Waals surface area contributed by atoms with Gasteiger partial charge in [-0.25, -0.2) is 13.8 Å². The second-order valence-electron chi connectivity index (χ2n) is 6.45. The number of hydrogen-bond donors (Lipinski definition) is 1. The largest absolute Gasteiger partial charge is 0.490 e. The second kappa shape index (κ2) is 9.05. The number of ether oxygens (including phenoxy) is 2. The van der Waals surface area contributed by atoms with Crippen molar-refractivity contribution in [3.8, 4) is 11.5 Å². The Kier molecular flexibility index (Phi) is 6.03. The molecule has 0 bridgehead atoms. The van der Waals surface area contributed by atoms with Gasteiger partial charge in [-0.15, -0.1) is 0 Å². The molecule has 0 saturated carbocycles. The molecule has 0 fully saturated rings. The molecule has 1 N–H and O–H groups in total. The van der Waals surface area contributed by atoms with Crippen LogP contribution in [0.2, 0.25) is 0 Å². The first-order chi connectivity index (χ1) is 15.0. The van der Waals surface area contributed by atoms with Crippen LogP contribution in [0.25, 0.3) is 10.2 Å². The van der Waals surface area contributed by atoms with Crippen LogP contribution in [-0.4, -0.2) is 22.5 Å². The summed E-state index contributed by atoms with van der Waals surface area (Å²) < 4.78 is 38.7. The molecule has 0 aliphatic rings. The molecular weight excluding hydrogens is 424 g/mol. The van der Waals surface area contributed by atoms with E-state index in [1.807, 2.05) is 19.1 Å². The summed E-state index contributed by atoms with van der Waals surface area (Å²) in [7, 11) is 0. The predicted octanol–water partition coefficient (Wildman–Crippen LogP) is 5.20. The van der Waals surface area contributed by atoms with Crippen molar-refractivity contribution < 1.29 is 23.0 Å². The van der Waals surface area contributed by atoms with Crippen molar-refractivity contribution in [2.75, 3.05) is 11.9 Å². The summed E-state index contributed by atoms with van der Waals surface area (Å²) in [4.78, 5) is 20.8. The summed E-state index contributed by atoms with van der Waals surface area (Å²) in [6.07, 6.45) is 3.36. The first-order valence-electron chi connectivity index (χ1n) is 9.39. The van der Waals surface area contributed by atoms with Gasteiger partial charge < -0.3 is 9.47 Å². The minimum Gasteiger partial charge on any atom is -0.490 e. The standard InChI is InChI=1S/C22H17F2N3O3S/c1-2-29-19-9-14(3-4-18(19)30-12-13-5-7-25-8-6-13)21(28)27-22-26-17-10-15(23)16(24)11-20(17)31-22/h3-11H,2,12H2,1H3,(H,26,27,28). The number of carbonyl (C=O) groups excluding carboxylic acids is 1. The highest BCUT2D eigenvalue weighted by Gasteiger charge is 2.15. The number of nitrogens with one attached hydrogen (secondary N) is 1. The van der Waals surface area contributed by atoms with E-state index >= 15 is 0 Å². The Labute approximate surface area is 180 Å². The van der Waals surface area contributed by atoms with E-state index in [1.54, 1.807) is 30.6 Å². The van der Waals surface area contributed by atoms with E-state index in [-0.39, 0.29) is 10.6 Å². The van der Waals surface area contributed by atoms with Crippen LogP contribution in [0.3, 0.4) is 0 Å². The second-order valence-corrected chi connectivity index (χ2v) is 7.48. The molecule has 9 heteroatoms. The Morgan fingerprint density at radius 3 is 2.58 bits per heavy atom. The highest BCUT2D eigenvalue weighted by Crippen LogP contribution is 2.31. The van der Waals surface area contributed by atoms with Gasteiger partial charge in [0, 0.05) is 24.0 Å². The maximum absolute atomic E-state index is 13.4. The van der Waals surface area contributed by atoms with Gasteiger partial charge in [0.15, 0.2) is 28.3 Å². The number of fused-ring (bicyclic) bond motifs is 1. The molecule has 0 atom stereocenters. The normalized spacial score (nSPS) is 10.8. The molecule has 0 aliphatic carbocycles. The maximum Gasteiger partial charge on any atom is 0.257 e. The van der Waals surface area contributed by atoms with Crippen LogP contribution in [0.4, 0.5) is 13.9 Å².